The van der Waals surface area contributed by atoms with Gasteiger partial charge in [0, 0.05) is 45.1 Å². The van der Waals surface area contributed by atoms with Crippen LogP contribution in [0.25, 0.3) is 0 Å². The summed E-state index contributed by atoms with van der Waals surface area (Å²) in [5, 5.41) is 8.11. The summed E-state index contributed by atoms with van der Waals surface area (Å²) in [5.41, 5.74) is -0.0771. The highest BCUT2D eigenvalue weighted by Crippen LogP contribution is 2.35. The molecule has 8 nitrogen and oxygen atoms in total. The van der Waals surface area contributed by atoms with E-state index < -0.39 is 0 Å². The molecule has 1 aromatic heterocycles. The van der Waals surface area contributed by atoms with Crippen LogP contribution in [0, 0.1) is 18.3 Å². The van der Waals surface area contributed by atoms with Crippen LogP contribution in [0.5, 0.6) is 0 Å². The van der Waals surface area contributed by atoms with Crippen molar-refractivity contribution in [3.05, 3.63) is 5.89 Å². The molecule has 25 heavy (non-hydrogen) atoms. The minimum atomic E-state index is -0.0771. The fraction of sp³-hybridized carbons (Fsp3) is 0.824. The predicted molar refractivity (Wildman–Crippen MR) is 89.2 cm³/mol. The van der Waals surface area contributed by atoms with Crippen LogP contribution in [0.1, 0.15) is 25.2 Å². The van der Waals surface area contributed by atoms with Crippen LogP contribution in [0.15, 0.2) is 4.42 Å². The second-order valence-electron chi connectivity index (χ2n) is 7.50. The summed E-state index contributed by atoms with van der Waals surface area (Å²) in [5.74, 6) is 0.827. The fourth-order valence-electron chi connectivity index (χ4n) is 4.20. The zero-order valence-electron chi connectivity index (χ0n) is 14.8. The number of aryl methyl sites for hydroxylation is 1. The highest BCUT2D eigenvalue weighted by atomic mass is 16.5. The lowest BCUT2D eigenvalue weighted by Crippen LogP contribution is -2.53. The minimum absolute atomic E-state index is 0.0246. The van der Waals surface area contributed by atoms with Crippen molar-refractivity contribution in [1.82, 2.24) is 15.1 Å². The third kappa shape index (κ3) is 3.50. The number of likely N-dealkylation sites (tertiary alicyclic amines) is 1. The van der Waals surface area contributed by atoms with E-state index in [2.05, 4.69) is 15.1 Å². The molecule has 0 radical (unpaired) electrons. The molecule has 3 fully saturated rings. The summed E-state index contributed by atoms with van der Waals surface area (Å²) < 4.78 is 16.9. The van der Waals surface area contributed by atoms with E-state index in [4.69, 9.17) is 13.9 Å². The normalized spacial score (nSPS) is 30.7. The smallest absolute Gasteiger partial charge is 0.318 e. The Hall–Kier alpha value is -1.67. The lowest BCUT2D eigenvalue weighted by atomic mass is 9.79. The summed E-state index contributed by atoms with van der Waals surface area (Å²) in [6, 6.07) is 0.551. The van der Waals surface area contributed by atoms with Crippen LogP contribution in [0.2, 0.25) is 0 Å². The summed E-state index contributed by atoms with van der Waals surface area (Å²) >= 11 is 0. The number of aromatic nitrogens is 2. The van der Waals surface area contributed by atoms with Gasteiger partial charge < -0.3 is 23.7 Å². The molecule has 1 aromatic rings. The van der Waals surface area contributed by atoms with E-state index in [-0.39, 0.29) is 17.2 Å². The molecular formula is C17H26N4O4. The molecule has 3 saturated heterocycles. The molecule has 1 spiro atoms. The van der Waals surface area contributed by atoms with Gasteiger partial charge in [-0.2, -0.15) is 0 Å². The van der Waals surface area contributed by atoms with Crippen molar-refractivity contribution in [3.8, 4) is 0 Å². The van der Waals surface area contributed by atoms with Crippen molar-refractivity contribution < 1.29 is 18.7 Å². The second-order valence-corrected chi connectivity index (χ2v) is 7.50. The summed E-state index contributed by atoms with van der Waals surface area (Å²) in [6.45, 7) is 7.42. The van der Waals surface area contributed by atoms with Crippen molar-refractivity contribution in [3.63, 3.8) is 0 Å². The zero-order valence-corrected chi connectivity index (χ0v) is 14.8. The van der Waals surface area contributed by atoms with Crippen LogP contribution < -0.4 is 4.90 Å². The average Bonchev–Trinajstić information content (AvgIpc) is 3.25. The molecule has 0 N–H and O–H groups in total. The van der Waals surface area contributed by atoms with E-state index in [0.29, 0.717) is 38.3 Å². The third-order valence-corrected chi connectivity index (χ3v) is 5.48. The van der Waals surface area contributed by atoms with E-state index in [1.807, 2.05) is 4.90 Å². The molecule has 0 aliphatic carbocycles. The van der Waals surface area contributed by atoms with E-state index in [1.54, 1.807) is 6.92 Å². The van der Waals surface area contributed by atoms with Crippen molar-refractivity contribution in [2.75, 3.05) is 57.5 Å². The van der Waals surface area contributed by atoms with E-state index in [1.165, 1.54) is 0 Å². The minimum Gasteiger partial charge on any atom is -0.408 e. The number of hydrogen-bond acceptors (Lipinski definition) is 7. The maximum atomic E-state index is 12.8. The quantitative estimate of drug-likeness (QED) is 0.782. The highest BCUT2D eigenvalue weighted by Gasteiger charge is 2.42. The van der Waals surface area contributed by atoms with Gasteiger partial charge in [0.15, 0.2) is 0 Å². The maximum Gasteiger partial charge on any atom is 0.318 e. The molecule has 0 bridgehead atoms. The number of carbonyl (C=O) groups excluding carboxylic acids is 1. The Kier molecular flexibility index (Phi) is 4.64. The Labute approximate surface area is 147 Å². The van der Waals surface area contributed by atoms with Gasteiger partial charge in [0.1, 0.15) is 0 Å². The molecule has 0 saturated carbocycles. The highest BCUT2D eigenvalue weighted by molar-refractivity contribution is 5.79. The predicted octanol–water partition coefficient (Wildman–Crippen LogP) is 0.860. The van der Waals surface area contributed by atoms with Crippen LogP contribution in [0.4, 0.5) is 6.01 Å². The molecule has 1 amide bonds. The first-order chi connectivity index (χ1) is 12.2. The Morgan fingerprint density at radius 3 is 2.88 bits per heavy atom. The van der Waals surface area contributed by atoms with Crippen LogP contribution in [0.3, 0.4) is 0 Å². The van der Waals surface area contributed by atoms with Gasteiger partial charge in [0.2, 0.25) is 11.8 Å². The van der Waals surface area contributed by atoms with Gasteiger partial charge in [0.25, 0.3) is 0 Å². The topological polar surface area (TPSA) is 80.9 Å². The van der Waals surface area contributed by atoms with Crippen molar-refractivity contribution in [2.24, 2.45) is 11.3 Å². The van der Waals surface area contributed by atoms with Crippen LogP contribution in [-0.4, -0.2) is 73.6 Å². The van der Waals surface area contributed by atoms with Crippen molar-refractivity contribution in [1.29, 1.82) is 0 Å². The number of rotatable bonds is 2. The molecule has 4 heterocycles. The Bertz CT molecular complexity index is 616. The third-order valence-electron chi connectivity index (χ3n) is 5.48. The lowest BCUT2D eigenvalue weighted by molar-refractivity contribution is -0.139. The molecule has 4 rings (SSSR count). The lowest BCUT2D eigenvalue weighted by Gasteiger charge is -2.43. The number of anilines is 1. The molecule has 3 aliphatic rings. The number of hydrogen-bond donors (Lipinski definition) is 0. The maximum absolute atomic E-state index is 12.8. The SMILES string of the molecule is Cc1nnc(N2CCOCC3(CCCN(C(=O)C4CCOC4)C3)C2)o1. The zero-order chi connectivity index (χ0) is 17.3. The standard InChI is InChI=1S/C17H26N4O4/c1-13-18-19-16(25-13)21-6-8-24-12-17(11-21)4-2-5-20(10-17)15(22)14-3-7-23-9-14/h14H,2-12H2,1H3. The second kappa shape index (κ2) is 6.92. The van der Waals surface area contributed by atoms with Crippen LogP contribution in [-0.2, 0) is 14.3 Å². The average molecular weight is 350 g/mol. The van der Waals surface area contributed by atoms with Gasteiger partial charge in [-0.3, -0.25) is 4.79 Å². The van der Waals surface area contributed by atoms with Gasteiger partial charge in [-0.25, -0.2) is 0 Å². The van der Waals surface area contributed by atoms with Gasteiger partial charge in [-0.05, 0) is 19.3 Å². The first kappa shape index (κ1) is 16.8. The summed E-state index contributed by atoms with van der Waals surface area (Å²) in [7, 11) is 0. The molecular weight excluding hydrogens is 324 g/mol. The van der Waals surface area contributed by atoms with E-state index >= 15 is 0 Å². The summed E-state index contributed by atoms with van der Waals surface area (Å²) in [6.07, 6.45) is 2.88. The van der Waals surface area contributed by atoms with Crippen LogP contribution >= 0.6 is 0 Å². The summed E-state index contributed by atoms with van der Waals surface area (Å²) in [4.78, 5) is 17.0. The fourth-order valence-corrected chi connectivity index (χ4v) is 4.20. The largest absolute Gasteiger partial charge is 0.408 e. The van der Waals surface area contributed by atoms with E-state index in [9.17, 15) is 4.79 Å². The number of amides is 1. The van der Waals surface area contributed by atoms with Crippen molar-refractivity contribution in [2.45, 2.75) is 26.2 Å². The Morgan fingerprint density at radius 1 is 1.20 bits per heavy atom. The van der Waals surface area contributed by atoms with Gasteiger partial charge in [0.05, 0.1) is 25.7 Å². The Morgan fingerprint density at radius 2 is 2.12 bits per heavy atom. The Balaban J connectivity index is 1.49. The molecule has 138 valence electrons. The number of piperidine rings is 1. The van der Waals surface area contributed by atoms with E-state index in [0.717, 1.165) is 45.4 Å². The number of nitrogens with zero attached hydrogens (tertiary/aromatic N) is 4. The number of carbonyl (C=O) groups is 1. The first-order valence-electron chi connectivity index (χ1n) is 9.15. The van der Waals surface area contributed by atoms with Crippen molar-refractivity contribution >= 4 is 11.9 Å². The molecule has 2 unspecified atom stereocenters. The molecule has 3 aliphatic heterocycles. The number of ether oxygens (including phenoxy) is 2. The molecule has 8 heteroatoms. The monoisotopic (exact) mass is 350 g/mol. The molecule has 2 atom stereocenters. The van der Waals surface area contributed by atoms with Gasteiger partial charge in [-0.15, -0.1) is 5.10 Å². The van der Waals surface area contributed by atoms with Gasteiger partial charge >= 0.3 is 6.01 Å². The molecule has 0 aromatic carbocycles. The first-order valence-corrected chi connectivity index (χ1v) is 9.15. The van der Waals surface area contributed by atoms with Gasteiger partial charge in [-0.1, -0.05) is 5.10 Å².